The number of hydrogen-bond acceptors (Lipinski definition) is 3. The van der Waals surface area contributed by atoms with Gasteiger partial charge in [-0.1, -0.05) is 25.1 Å². The summed E-state index contributed by atoms with van der Waals surface area (Å²) in [7, 11) is 1.69. The Morgan fingerprint density at radius 2 is 2.15 bits per heavy atom. The monoisotopic (exact) mass is 292 g/mol. The summed E-state index contributed by atoms with van der Waals surface area (Å²) in [5, 5.41) is 0.931. The number of hydrogen-bond donors (Lipinski definition) is 0. The van der Waals surface area contributed by atoms with Crippen LogP contribution in [0.3, 0.4) is 0 Å². The Morgan fingerprint density at radius 1 is 1.45 bits per heavy atom. The first-order valence-electron chi connectivity index (χ1n) is 6.50. The van der Waals surface area contributed by atoms with Crippen molar-refractivity contribution in [3.8, 4) is 0 Å². The summed E-state index contributed by atoms with van der Waals surface area (Å²) in [6.45, 7) is 3.82. The molecule has 0 N–H and O–H groups in total. The predicted molar refractivity (Wildman–Crippen MR) is 78.4 cm³/mol. The Bertz CT molecular complexity index is 611. The molecule has 0 saturated heterocycles. The first-order valence-corrected chi connectivity index (χ1v) is 7.32. The van der Waals surface area contributed by atoms with E-state index in [1.165, 1.54) is 17.4 Å². The molecule has 5 heteroatoms. The van der Waals surface area contributed by atoms with Gasteiger partial charge in [0.15, 0.2) is 0 Å². The van der Waals surface area contributed by atoms with Crippen LogP contribution >= 0.6 is 11.3 Å². The average Bonchev–Trinajstić information content (AvgIpc) is 2.94. The maximum Gasteiger partial charge on any atom is 0.265 e. The zero-order valence-electron chi connectivity index (χ0n) is 11.8. The van der Waals surface area contributed by atoms with Crippen LogP contribution in [0.4, 0.5) is 4.39 Å². The van der Waals surface area contributed by atoms with E-state index in [0.717, 1.165) is 11.4 Å². The lowest BCUT2D eigenvalue weighted by Crippen LogP contribution is -2.29. The number of aryl methyl sites for hydroxylation is 1. The molecule has 20 heavy (non-hydrogen) atoms. The molecule has 1 aromatic carbocycles. The molecule has 1 amide bonds. The van der Waals surface area contributed by atoms with Crippen LogP contribution in [0, 0.1) is 5.82 Å². The molecule has 0 aliphatic heterocycles. The Hall–Kier alpha value is -1.75. The van der Waals surface area contributed by atoms with Gasteiger partial charge in [-0.25, -0.2) is 9.37 Å². The minimum absolute atomic E-state index is 0.127. The number of carbonyl (C=O) groups excluding carboxylic acids is 1. The molecule has 0 saturated carbocycles. The first kappa shape index (κ1) is 14.7. The Labute approximate surface area is 122 Å². The summed E-state index contributed by atoms with van der Waals surface area (Å²) in [6, 6.07) is 6.20. The fourth-order valence-corrected chi connectivity index (χ4v) is 2.79. The van der Waals surface area contributed by atoms with Gasteiger partial charge in [0, 0.05) is 12.6 Å². The Kier molecular flexibility index (Phi) is 4.49. The van der Waals surface area contributed by atoms with Crippen molar-refractivity contribution in [2.75, 3.05) is 7.05 Å². The lowest BCUT2D eigenvalue weighted by Gasteiger charge is -2.25. The highest BCUT2D eigenvalue weighted by atomic mass is 32.1. The number of carbonyl (C=O) groups is 1. The molecular weight excluding hydrogens is 275 g/mol. The highest BCUT2D eigenvalue weighted by molar-refractivity contribution is 7.13. The molecule has 0 aliphatic carbocycles. The number of nitrogens with zero attached hydrogens (tertiary/aromatic N) is 2. The SMILES string of the molecule is CCc1ncc(C(=O)N(C)C(C)c2ccccc2F)s1. The van der Waals surface area contributed by atoms with E-state index in [1.807, 2.05) is 13.8 Å². The summed E-state index contributed by atoms with van der Waals surface area (Å²) in [5.74, 6) is -0.420. The number of amides is 1. The van der Waals surface area contributed by atoms with Crippen LogP contribution in [0.2, 0.25) is 0 Å². The molecule has 0 fully saturated rings. The number of aromatic nitrogens is 1. The zero-order chi connectivity index (χ0) is 14.7. The van der Waals surface area contributed by atoms with Crippen molar-refractivity contribution < 1.29 is 9.18 Å². The maximum absolute atomic E-state index is 13.8. The normalized spacial score (nSPS) is 12.2. The van der Waals surface area contributed by atoms with Gasteiger partial charge in [0.25, 0.3) is 5.91 Å². The van der Waals surface area contributed by atoms with Gasteiger partial charge >= 0.3 is 0 Å². The van der Waals surface area contributed by atoms with Crippen LogP contribution in [-0.4, -0.2) is 22.8 Å². The van der Waals surface area contributed by atoms with Gasteiger partial charge in [0.2, 0.25) is 0 Å². The molecule has 2 rings (SSSR count). The highest BCUT2D eigenvalue weighted by Gasteiger charge is 2.22. The first-order chi connectivity index (χ1) is 9.54. The maximum atomic E-state index is 13.8. The van der Waals surface area contributed by atoms with E-state index in [1.54, 1.807) is 36.3 Å². The highest BCUT2D eigenvalue weighted by Crippen LogP contribution is 2.24. The fourth-order valence-electron chi connectivity index (χ4n) is 1.94. The summed E-state index contributed by atoms with van der Waals surface area (Å²) in [6.07, 6.45) is 2.40. The molecule has 1 unspecified atom stereocenters. The number of halogens is 1. The van der Waals surface area contributed by atoms with E-state index >= 15 is 0 Å². The zero-order valence-corrected chi connectivity index (χ0v) is 12.6. The van der Waals surface area contributed by atoms with Crippen molar-refractivity contribution in [3.05, 3.63) is 51.7 Å². The summed E-state index contributed by atoms with van der Waals surface area (Å²) in [4.78, 5) is 18.7. The molecule has 0 radical (unpaired) electrons. The molecular formula is C15H17FN2OS. The third-order valence-electron chi connectivity index (χ3n) is 3.32. The van der Waals surface area contributed by atoms with Crippen LogP contribution < -0.4 is 0 Å². The largest absolute Gasteiger partial charge is 0.334 e. The van der Waals surface area contributed by atoms with Crippen LogP contribution in [0.25, 0.3) is 0 Å². The van der Waals surface area contributed by atoms with E-state index in [9.17, 15) is 9.18 Å². The molecule has 0 aliphatic rings. The molecule has 2 aromatic rings. The van der Waals surface area contributed by atoms with E-state index in [0.29, 0.717) is 10.4 Å². The third kappa shape index (κ3) is 2.88. The van der Waals surface area contributed by atoms with Gasteiger partial charge in [-0.15, -0.1) is 11.3 Å². The summed E-state index contributed by atoms with van der Waals surface area (Å²) >= 11 is 1.39. The molecule has 1 heterocycles. The van der Waals surface area contributed by atoms with Crippen molar-refractivity contribution in [1.29, 1.82) is 0 Å². The van der Waals surface area contributed by atoms with E-state index in [2.05, 4.69) is 4.98 Å². The molecule has 0 bridgehead atoms. The van der Waals surface area contributed by atoms with Crippen molar-refractivity contribution in [3.63, 3.8) is 0 Å². The minimum atomic E-state index is -0.323. The molecule has 106 valence electrons. The minimum Gasteiger partial charge on any atom is -0.334 e. The second kappa shape index (κ2) is 6.13. The lowest BCUT2D eigenvalue weighted by atomic mass is 10.1. The second-order valence-corrected chi connectivity index (χ2v) is 5.70. The van der Waals surface area contributed by atoms with Gasteiger partial charge in [0.05, 0.1) is 17.2 Å². The van der Waals surface area contributed by atoms with Gasteiger partial charge in [-0.3, -0.25) is 4.79 Å². The molecule has 0 spiro atoms. The van der Waals surface area contributed by atoms with E-state index in [-0.39, 0.29) is 17.8 Å². The van der Waals surface area contributed by atoms with Crippen LogP contribution in [-0.2, 0) is 6.42 Å². The Morgan fingerprint density at radius 3 is 2.75 bits per heavy atom. The summed E-state index contributed by atoms with van der Waals surface area (Å²) in [5.41, 5.74) is 0.517. The van der Waals surface area contributed by atoms with Crippen LogP contribution in [0.5, 0.6) is 0 Å². The molecule has 1 atom stereocenters. The van der Waals surface area contributed by atoms with Gasteiger partial charge in [-0.05, 0) is 19.4 Å². The number of benzene rings is 1. The lowest BCUT2D eigenvalue weighted by molar-refractivity contribution is 0.0745. The van der Waals surface area contributed by atoms with Crippen molar-refractivity contribution >= 4 is 17.2 Å². The van der Waals surface area contributed by atoms with Gasteiger partial charge in [-0.2, -0.15) is 0 Å². The summed E-state index contributed by atoms with van der Waals surface area (Å²) < 4.78 is 13.8. The third-order valence-corrected chi connectivity index (χ3v) is 4.45. The Balaban J connectivity index is 2.20. The number of thiazole rings is 1. The second-order valence-electron chi connectivity index (χ2n) is 4.59. The van der Waals surface area contributed by atoms with E-state index < -0.39 is 0 Å². The standard InChI is InChI=1S/C15H17FN2OS/c1-4-14-17-9-13(20-14)15(19)18(3)10(2)11-7-5-6-8-12(11)16/h5-10H,4H2,1-3H3. The van der Waals surface area contributed by atoms with Crippen molar-refractivity contribution in [1.82, 2.24) is 9.88 Å². The average molecular weight is 292 g/mol. The van der Waals surface area contributed by atoms with Crippen LogP contribution in [0.1, 0.15) is 40.1 Å². The smallest absolute Gasteiger partial charge is 0.265 e. The van der Waals surface area contributed by atoms with Gasteiger partial charge < -0.3 is 4.90 Å². The fraction of sp³-hybridized carbons (Fsp3) is 0.333. The van der Waals surface area contributed by atoms with E-state index in [4.69, 9.17) is 0 Å². The number of rotatable bonds is 4. The van der Waals surface area contributed by atoms with Gasteiger partial charge in [0.1, 0.15) is 10.7 Å². The molecule has 1 aromatic heterocycles. The predicted octanol–water partition coefficient (Wildman–Crippen LogP) is 3.68. The van der Waals surface area contributed by atoms with Crippen molar-refractivity contribution in [2.45, 2.75) is 26.3 Å². The van der Waals surface area contributed by atoms with Crippen LogP contribution in [0.15, 0.2) is 30.5 Å². The van der Waals surface area contributed by atoms with Crippen molar-refractivity contribution in [2.24, 2.45) is 0 Å². The topological polar surface area (TPSA) is 33.2 Å². The molecule has 3 nitrogen and oxygen atoms in total. The quantitative estimate of drug-likeness (QED) is 0.861.